The van der Waals surface area contributed by atoms with Crippen LogP contribution in [0.25, 0.3) is 55.0 Å². The first-order valence-corrected chi connectivity index (χ1v) is 9.69. The summed E-state index contributed by atoms with van der Waals surface area (Å²) in [4.78, 5) is 0. The zero-order valence-electron chi connectivity index (χ0n) is 15.3. The summed E-state index contributed by atoms with van der Waals surface area (Å²) in [5, 5.41) is 4.76. The second-order valence-electron chi connectivity index (χ2n) is 7.79. The third-order valence-electron chi connectivity index (χ3n) is 6.32. The first kappa shape index (κ1) is 14.5. The van der Waals surface area contributed by atoms with Crippen molar-refractivity contribution in [1.82, 2.24) is 0 Å². The molecule has 4 aromatic carbocycles. The molecule has 1 aliphatic carbocycles. The summed E-state index contributed by atoms with van der Waals surface area (Å²) in [6.07, 6.45) is 0. The lowest BCUT2D eigenvalue weighted by atomic mass is 9.97. The van der Waals surface area contributed by atoms with Crippen LogP contribution in [-0.4, -0.2) is 0 Å². The third kappa shape index (κ3) is 1.68. The Hall–Kier alpha value is -3.52. The fourth-order valence-electron chi connectivity index (χ4n) is 4.93. The van der Waals surface area contributed by atoms with Crippen LogP contribution in [0.15, 0.2) is 81.6 Å². The minimum absolute atomic E-state index is 0.348. The van der Waals surface area contributed by atoms with Crippen LogP contribution in [0.3, 0.4) is 0 Å². The molecule has 0 saturated heterocycles. The largest absolute Gasteiger partial charge is 0.456 e. The molecule has 0 amide bonds. The van der Waals surface area contributed by atoms with Gasteiger partial charge in [0.25, 0.3) is 0 Å². The Kier molecular flexibility index (Phi) is 2.51. The maximum absolute atomic E-state index is 6.14. The first-order valence-electron chi connectivity index (χ1n) is 9.69. The highest BCUT2D eigenvalue weighted by atomic mass is 16.3. The second-order valence-corrected chi connectivity index (χ2v) is 7.79. The van der Waals surface area contributed by atoms with Crippen LogP contribution in [0.4, 0.5) is 0 Å². The van der Waals surface area contributed by atoms with Gasteiger partial charge < -0.3 is 8.83 Å². The number of hydrogen-bond acceptors (Lipinski definition) is 2. The predicted molar refractivity (Wildman–Crippen MR) is 114 cm³/mol. The topological polar surface area (TPSA) is 26.3 Å². The highest BCUT2D eigenvalue weighted by Crippen LogP contribution is 2.49. The zero-order chi connectivity index (χ0) is 18.4. The van der Waals surface area contributed by atoms with Gasteiger partial charge in [0.05, 0.1) is 0 Å². The van der Waals surface area contributed by atoms with E-state index in [1.54, 1.807) is 0 Å². The van der Waals surface area contributed by atoms with Crippen molar-refractivity contribution in [2.45, 2.75) is 12.8 Å². The molecule has 2 heteroatoms. The normalized spacial score (nSPS) is 13.8. The lowest BCUT2D eigenvalue weighted by Gasteiger charge is -2.06. The van der Waals surface area contributed by atoms with Gasteiger partial charge >= 0.3 is 0 Å². The molecule has 28 heavy (non-hydrogen) atoms. The molecule has 0 atom stereocenters. The van der Waals surface area contributed by atoms with E-state index in [1.165, 1.54) is 43.8 Å². The van der Waals surface area contributed by atoms with Crippen molar-refractivity contribution in [2.24, 2.45) is 0 Å². The molecule has 1 aliphatic rings. The molecule has 0 N–H and O–H groups in total. The van der Waals surface area contributed by atoms with E-state index in [9.17, 15) is 0 Å². The summed E-state index contributed by atoms with van der Waals surface area (Å²) >= 11 is 0. The molecule has 0 bridgehead atoms. The minimum Gasteiger partial charge on any atom is -0.456 e. The Labute approximate surface area is 161 Å². The van der Waals surface area contributed by atoms with Crippen LogP contribution in [0.1, 0.15) is 24.0 Å². The van der Waals surface area contributed by atoms with Gasteiger partial charge in [0.1, 0.15) is 22.3 Å². The molecule has 0 radical (unpaired) electrons. The van der Waals surface area contributed by atoms with Gasteiger partial charge in [0.2, 0.25) is 0 Å². The SMILES string of the molecule is CC1c2cc3c(cc2-c2cc4oc5ccccc5c4cc21)oc1ccccc13. The average Bonchev–Trinajstić information content (AvgIpc) is 3.35. The summed E-state index contributed by atoms with van der Waals surface area (Å²) in [6.45, 7) is 2.30. The van der Waals surface area contributed by atoms with Crippen molar-refractivity contribution in [1.29, 1.82) is 0 Å². The van der Waals surface area contributed by atoms with Crippen LogP contribution in [0.5, 0.6) is 0 Å². The van der Waals surface area contributed by atoms with E-state index in [2.05, 4.69) is 55.5 Å². The van der Waals surface area contributed by atoms with E-state index in [-0.39, 0.29) is 0 Å². The Morgan fingerprint density at radius 1 is 0.536 bits per heavy atom. The number of benzene rings is 4. The smallest absolute Gasteiger partial charge is 0.136 e. The van der Waals surface area contributed by atoms with Crippen LogP contribution < -0.4 is 0 Å². The summed E-state index contributed by atoms with van der Waals surface area (Å²) in [7, 11) is 0. The Morgan fingerprint density at radius 3 is 1.50 bits per heavy atom. The van der Waals surface area contributed by atoms with E-state index in [1.807, 2.05) is 24.3 Å². The van der Waals surface area contributed by atoms with Gasteiger partial charge in [-0.3, -0.25) is 0 Å². The second kappa shape index (κ2) is 4.85. The van der Waals surface area contributed by atoms with Gasteiger partial charge in [-0.1, -0.05) is 43.3 Å². The molecular formula is C26H16O2. The molecule has 0 saturated carbocycles. The first-order chi connectivity index (χ1) is 13.8. The van der Waals surface area contributed by atoms with E-state index in [0.717, 1.165) is 22.3 Å². The molecule has 2 nitrogen and oxygen atoms in total. The fourth-order valence-corrected chi connectivity index (χ4v) is 4.93. The van der Waals surface area contributed by atoms with Gasteiger partial charge in [-0.05, 0) is 58.7 Å². The van der Waals surface area contributed by atoms with Crippen LogP contribution >= 0.6 is 0 Å². The van der Waals surface area contributed by atoms with Gasteiger partial charge in [-0.2, -0.15) is 0 Å². The Balaban J connectivity index is 1.57. The Bertz CT molecular complexity index is 1460. The molecule has 0 aliphatic heterocycles. The summed E-state index contributed by atoms with van der Waals surface area (Å²) in [5.74, 6) is 0.348. The Morgan fingerprint density at radius 2 is 1.00 bits per heavy atom. The number of furan rings is 2. The van der Waals surface area contributed by atoms with Crippen molar-refractivity contribution < 1.29 is 8.83 Å². The highest BCUT2D eigenvalue weighted by Gasteiger charge is 2.28. The summed E-state index contributed by atoms with van der Waals surface area (Å²) in [5.41, 5.74) is 9.04. The van der Waals surface area contributed by atoms with E-state index in [4.69, 9.17) is 8.83 Å². The molecule has 132 valence electrons. The lowest BCUT2D eigenvalue weighted by molar-refractivity contribution is 0.668. The number of rotatable bonds is 0. The maximum Gasteiger partial charge on any atom is 0.136 e. The maximum atomic E-state index is 6.14. The third-order valence-corrected chi connectivity index (χ3v) is 6.32. The molecule has 0 fully saturated rings. The molecule has 2 aromatic heterocycles. The predicted octanol–water partition coefficient (Wildman–Crippen LogP) is 7.62. The molecule has 0 spiro atoms. The zero-order valence-corrected chi connectivity index (χ0v) is 15.3. The fraction of sp³-hybridized carbons (Fsp3) is 0.0769. The van der Waals surface area contributed by atoms with Crippen molar-refractivity contribution in [2.75, 3.05) is 0 Å². The van der Waals surface area contributed by atoms with Crippen LogP contribution in [0.2, 0.25) is 0 Å². The number of hydrogen-bond donors (Lipinski definition) is 0. The van der Waals surface area contributed by atoms with E-state index < -0.39 is 0 Å². The van der Waals surface area contributed by atoms with Gasteiger partial charge in [0.15, 0.2) is 0 Å². The van der Waals surface area contributed by atoms with Crippen molar-refractivity contribution in [3.8, 4) is 11.1 Å². The monoisotopic (exact) mass is 360 g/mol. The van der Waals surface area contributed by atoms with E-state index in [0.29, 0.717) is 5.92 Å². The molecule has 6 aromatic rings. The van der Waals surface area contributed by atoms with Crippen molar-refractivity contribution >= 4 is 43.9 Å². The molecule has 0 unspecified atom stereocenters. The highest BCUT2D eigenvalue weighted by molar-refractivity contribution is 6.10. The average molecular weight is 360 g/mol. The summed E-state index contributed by atoms with van der Waals surface area (Å²) < 4.78 is 12.3. The lowest BCUT2D eigenvalue weighted by Crippen LogP contribution is -1.89. The van der Waals surface area contributed by atoms with Crippen LogP contribution in [-0.2, 0) is 0 Å². The van der Waals surface area contributed by atoms with Crippen molar-refractivity contribution in [3.05, 3.63) is 83.9 Å². The molecular weight excluding hydrogens is 344 g/mol. The van der Waals surface area contributed by atoms with Crippen molar-refractivity contribution in [3.63, 3.8) is 0 Å². The standard InChI is InChI=1S/C26H16O2/c1-14-17-10-21-15-6-2-4-8-23(15)27-25(21)12-19(17)20-13-26-22(11-18(14)20)16-7-3-5-9-24(16)28-26/h2-14H,1H3. The number of fused-ring (bicyclic) bond motifs is 9. The molecule has 2 heterocycles. The van der Waals surface area contributed by atoms with Gasteiger partial charge in [-0.15, -0.1) is 0 Å². The summed E-state index contributed by atoms with van der Waals surface area (Å²) in [6, 6.07) is 25.6. The van der Waals surface area contributed by atoms with Gasteiger partial charge in [0, 0.05) is 27.5 Å². The van der Waals surface area contributed by atoms with Crippen LogP contribution in [0, 0.1) is 0 Å². The van der Waals surface area contributed by atoms with E-state index >= 15 is 0 Å². The quantitative estimate of drug-likeness (QED) is 0.278. The number of para-hydroxylation sites is 2. The van der Waals surface area contributed by atoms with Gasteiger partial charge in [-0.25, -0.2) is 0 Å². The molecule has 7 rings (SSSR count). The minimum atomic E-state index is 0.348.